The smallest absolute Gasteiger partial charge is 0.320 e. The summed E-state index contributed by atoms with van der Waals surface area (Å²) in [5, 5.41) is 20.1. The zero-order valence-corrected chi connectivity index (χ0v) is 14.0. The highest BCUT2D eigenvalue weighted by molar-refractivity contribution is 5.91. The van der Waals surface area contributed by atoms with Gasteiger partial charge in [-0.1, -0.05) is 31.5 Å². The number of amides is 2. The molecule has 0 fully saturated rings. The normalized spacial score (nSPS) is 12.2. The number of rotatable bonds is 4. The largest absolute Gasteiger partial charge is 0.508 e. The van der Waals surface area contributed by atoms with Crippen LogP contribution in [0.25, 0.3) is 0 Å². The Labute approximate surface area is 141 Å². The number of anilines is 1. The van der Waals surface area contributed by atoms with Crippen molar-refractivity contribution < 1.29 is 15.0 Å². The first-order valence-corrected chi connectivity index (χ1v) is 7.69. The highest BCUT2D eigenvalue weighted by Gasteiger charge is 2.25. The van der Waals surface area contributed by atoms with Crippen LogP contribution in [0.3, 0.4) is 0 Å². The number of carbonyl (C=O) groups is 1. The van der Waals surface area contributed by atoms with Gasteiger partial charge in [0.25, 0.3) is 0 Å². The number of phenolic OH excluding ortho intramolecular Hbond substituents is 2. The molecule has 0 aliphatic rings. The summed E-state index contributed by atoms with van der Waals surface area (Å²) < 4.78 is 0. The van der Waals surface area contributed by atoms with Gasteiger partial charge >= 0.3 is 6.03 Å². The van der Waals surface area contributed by atoms with Crippen LogP contribution in [0, 0.1) is 6.92 Å². The molecule has 2 aromatic carbocycles. The summed E-state index contributed by atoms with van der Waals surface area (Å²) in [6.45, 7) is 5.75. The number of aryl methyl sites for hydroxylation is 1. The molecule has 6 nitrogen and oxygen atoms in total. The molecular weight excluding hydrogens is 306 g/mol. The molecule has 6 N–H and O–H groups in total. The minimum Gasteiger partial charge on any atom is -0.508 e. The van der Waals surface area contributed by atoms with Crippen molar-refractivity contribution in [3.63, 3.8) is 0 Å². The standard InChI is InChI=1S/C18H23N3O3/c1-10(2)13-8-14(16(23)9-15(13)22)17(19)21(18(20)24)12-6-4-11(3)5-7-12/h4-10,17,22-23H,19H2,1-3H3,(H2,20,24). The maximum atomic E-state index is 11.9. The van der Waals surface area contributed by atoms with Crippen molar-refractivity contribution in [2.75, 3.05) is 4.90 Å². The minimum atomic E-state index is -0.983. The zero-order valence-electron chi connectivity index (χ0n) is 14.0. The second-order valence-corrected chi connectivity index (χ2v) is 6.11. The number of nitrogens with two attached hydrogens (primary N) is 2. The molecule has 24 heavy (non-hydrogen) atoms. The molecule has 128 valence electrons. The molecule has 0 aliphatic heterocycles. The van der Waals surface area contributed by atoms with E-state index < -0.39 is 12.2 Å². The molecule has 0 saturated heterocycles. The average molecular weight is 329 g/mol. The van der Waals surface area contributed by atoms with Crippen molar-refractivity contribution in [2.45, 2.75) is 32.9 Å². The molecule has 0 saturated carbocycles. The number of aromatic hydroxyl groups is 2. The number of hydrogen-bond acceptors (Lipinski definition) is 4. The summed E-state index contributed by atoms with van der Waals surface area (Å²) >= 11 is 0. The maximum absolute atomic E-state index is 11.9. The number of hydrogen-bond donors (Lipinski definition) is 4. The average Bonchev–Trinajstić information content (AvgIpc) is 2.48. The number of urea groups is 1. The second-order valence-electron chi connectivity index (χ2n) is 6.11. The molecule has 2 rings (SSSR count). The lowest BCUT2D eigenvalue weighted by atomic mass is 9.97. The third-order valence-electron chi connectivity index (χ3n) is 3.94. The summed E-state index contributed by atoms with van der Waals surface area (Å²) in [5.74, 6) is -0.180. The van der Waals surface area contributed by atoms with Gasteiger partial charge in [0.15, 0.2) is 0 Å². The topological polar surface area (TPSA) is 113 Å². The van der Waals surface area contributed by atoms with E-state index in [1.165, 1.54) is 11.0 Å². The van der Waals surface area contributed by atoms with Crippen molar-refractivity contribution in [1.29, 1.82) is 0 Å². The highest BCUT2D eigenvalue weighted by atomic mass is 16.3. The summed E-state index contributed by atoms with van der Waals surface area (Å²) in [6, 6.07) is 9.26. The van der Waals surface area contributed by atoms with Gasteiger partial charge in [-0.15, -0.1) is 0 Å². The number of phenols is 2. The van der Waals surface area contributed by atoms with E-state index >= 15 is 0 Å². The van der Waals surface area contributed by atoms with Crippen molar-refractivity contribution in [1.82, 2.24) is 0 Å². The van der Waals surface area contributed by atoms with Gasteiger partial charge in [0.1, 0.15) is 17.7 Å². The first kappa shape index (κ1) is 17.6. The van der Waals surface area contributed by atoms with E-state index in [-0.39, 0.29) is 17.4 Å². The fourth-order valence-electron chi connectivity index (χ4n) is 2.58. The fourth-order valence-corrected chi connectivity index (χ4v) is 2.58. The number of nitrogens with zero attached hydrogens (tertiary/aromatic N) is 1. The Kier molecular flexibility index (Phi) is 4.99. The van der Waals surface area contributed by atoms with E-state index in [0.29, 0.717) is 16.8 Å². The van der Waals surface area contributed by atoms with Gasteiger partial charge in [0.05, 0.1) is 0 Å². The number of primary amides is 1. The monoisotopic (exact) mass is 329 g/mol. The van der Waals surface area contributed by atoms with Crippen molar-refractivity contribution >= 4 is 11.7 Å². The van der Waals surface area contributed by atoms with Gasteiger partial charge in [0.2, 0.25) is 0 Å². The number of benzene rings is 2. The van der Waals surface area contributed by atoms with Crippen LogP contribution in [0.2, 0.25) is 0 Å². The molecule has 0 aromatic heterocycles. The predicted octanol–water partition coefficient (Wildman–Crippen LogP) is 3.07. The summed E-state index contributed by atoms with van der Waals surface area (Å²) in [4.78, 5) is 13.1. The van der Waals surface area contributed by atoms with Crippen molar-refractivity contribution in [3.05, 3.63) is 53.1 Å². The van der Waals surface area contributed by atoms with Crippen LogP contribution in [0.4, 0.5) is 10.5 Å². The van der Waals surface area contributed by atoms with Gasteiger partial charge in [-0.3, -0.25) is 4.90 Å². The fraction of sp³-hybridized carbons (Fsp3) is 0.278. The van der Waals surface area contributed by atoms with E-state index in [4.69, 9.17) is 11.5 Å². The zero-order chi connectivity index (χ0) is 18.0. The van der Waals surface area contributed by atoms with Gasteiger partial charge in [-0.25, -0.2) is 4.79 Å². The SMILES string of the molecule is Cc1ccc(N(C(N)=O)C(N)c2cc(C(C)C)c(O)cc2O)cc1. The van der Waals surface area contributed by atoms with Gasteiger partial charge in [-0.2, -0.15) is 0 Å². The first-order valence-electron chi connectivity index (χ1n) is 7.69. The van der Waals surface area contributed by atoms with E-state index in [9.17, 15) is 15.0 Å². The van der Waals surface area contributed by atoms with Crippen LogP contribution in [-0.4, -0.2) is 16.2 Å². The van der Waals surface area contributed by atoms with Crippen LogP contribution < -0.4 is 16.4 Å². The molecule has 0 radical (unpaired) electrons. The lowest BCUT2D eigenvalue weighted by Gasteiger charge is -2.29. The van der Waals surface area contributed by atoms with Crippen LogP contribution in [0.1, 0.15) is 42.6 Å². The molecule has 0 heterocycles. The van der Waals surface area contributed by atoms with Crippen LogP contribution >= 0.6 is 0 Å². The Balaban J connectivity index is 2.51. The van der Waals surface area contributed by atoms with Crippen LogP contribution in [0.5, 0.6) is 11.5 Å². The Hall–Kier alpha value is -2.73. The Morgan fingerprint density at radius 1 is 1.04 bits per heavy atom. The van der Waals surface area contributed by atoms with Gasteiger partial charge < -0.3 is 21.7 Å². The molecule has 0 aliphatic carbocycles. The van der Waals surface area contributed by atoms with E-state index in [0.717, 1.165) is 5.56 Å². The lowest BCUT2D eigenvalue weighted by molar-refractivity contribution is 0.251. The quantitative estimate of drug-likeness (QED) is 0.646. The Morgan fingerprint density at radius 3 is 2.08 bits per heavy atom. The molecule has 2 aromatic rings. The summed E-state index contributed by atoms with van der Waals surface area (Å²) in [6.07, 6.45) is -0.983. The maximum Gasteiger partial charge on any atom is 0.320 e. The molecule has 1 atom stereocenters. The molecule has 6 heteroatoms. The van der Waals surface area contributed by atoms with Gasteiger partial charge in [-0.05, 0) is 36.6 Å². The molecule has 0 bridgehead atoms. The summed E-state index contributed by atoms with van der Waals surface area (Å²) in [7, 11) is 0. The molecule has 1 unspecified atom stereocenters. The van der Waals surface area contributed by atoms with E-state index in [2.05, 4.69) is 0 Å². The highest BCUT2D eigenvalue weighted by Crippen LogP contribution is 2.36. The molecule has 2 amide bonds. The first-order chi connectivity index (χ1) is 11.2. The van der Waals surface area contributed by atoms with E-state index in [1.54, 1.807) is 18.2 Å². The Bertz CT molecular complexity index is 742. The third kappa shape index (κ3) is 3.44. The number of carbonyl (C=O) groups excluding carboxylic acids is 1. The lowest BCUT2D eigenvalue weighted by Crippen LogP contribution is -2.43. The van der Waals surface area contributed by atoms with E-state index in [1.807, 2.05) is 32.9 Å². The van der Waals surface area contributed by atoms with Crippen molar-refractivity contribution in [3.8, 4) is 11.5 Å². The minimum absolute atomic E-state index is 0.0144. The summed E-state index contributed by atoms with van der Waals surface area (Å²) in [5.41, 5.74) is 14.2. The van der Waals surface area contributed by atoms with Crippen molar-refractivity contribution in [2.24, 2.45) is 11.5 Å². The van der Waals surface area contributed by atoms with Crippen LogP contribution in [0.15, 0.2) is 36.4 Å². The molecular formula is C18H23N3O3. The second kappa shape index (κ2) is 6.80. The van der Waals surface area contributed by atoms with Crippen LogP contribution in [-0.2, 0) is 0 Å². The third-order valence-corrected chi connectivity index (χ3v) is 3.94. The predicted molar refractivity (Wildman–Crippen MR) is 94.0 cm³/mol. The molecule has 0 spiro atoms. The van der Waals surface area contributed by atoms with Gasteiger partial charge in [0, 0.05) is 17.3 Å². The Morgan fingerprint density at radius 2 is 1.58 bits per heavy atom.